The fraction of sp³-hybridized carbons (Fsp3) is 0. The Kier molecular flexibility index (Phi) is 3.61. The minimum Gasteiger partial charge on any atom is -0.206 e. The summed E-state index contributed by atoms with van der Waals surface area (Å²) in [6.45, 7) is 0. The summed E-state index contributed by atoms with van der Waals surface area (Å²) in [7, 11) is 0. The Morgan fingerprint density at radius 1 is 0.875 bits per heavy atom. The standard InChI is InChI=1S/C12H8FIN2/c13-11-7-6-10(8-12(11)14)16-15-9-4-2-1-3-5-9/h1-8H. The summed E-state index contributed by atoms with van der Waals surface area (Å²) in [5.41, 5.74) is 1.43. The van der Waals surface area contributed by atoms with Crippen LogP contribution in [0.5, 0.6) is 0 Å². The average molecular weight is 326 g/mol. The highest BCUT2D eigenvalue weighted by atomic mass is 127. The molecule has 0 unspecified atom stereocenters. The minimum absolute atomic E-state index is 0.237. The zero-order valence-electron chi connectivity index (χ0n) is 8.27. The molecular weight excluding hydrogens is 318 g/mol. The molecule has 2 aromatic rings. The molecule has 0 bridgehead atoms. The highest BCUT2D eigenvalue weighted by molar-refractivity contribution is 14.1. The summed E-state index contributed by atoms with van der Waals surface area (Å²) in [6.07, 6.45) is 0. The fourth-order valence-corrected chi connectivity index (χ4v) is 1.66. The molecule has 2 rings (SSSR count). The predicted octanol–water partition coefficient (Wildman–Crippen LogP) is 4.85. The van der Waals surface area contributed by atoms with Crippen molar-refractivity contribution in [3.05, 3.63) is 57.9 Å². The molecule has 2 nitrogen and oxygen atoms in total. The van der Waals surface area contributed by atoms with Crippen LogP contribution in [0.25, 0.3) is 0 Å². The van der Waals surface area contributed by atoms with Gasteiger partial charge < -0.3 is 0 Å². The van der Waals surface area contributed by atoms with E-state index in [0.717, 1.165) is 5.69 Å². The van der Waals surface area contributed by atoms with Crippen LogP contribution in [-0.4, -0.2) is 0 Å². The molecule has 0 fully saturated rings. The van der Waals surface area contributed by atoms with E-state index >= 15 is 0 Å². The normalized spacial score (nSPS) is 10.9. The summed E-state index contributed by atoms with van der Waals surface area (Å²) in [5.74, 6) is -0.237. The zero-order chi connectivity index (χ0) is 11.4. The van der Waals surface area contributed by atoms with Gasteiger partial charge in [-0.3, -0.25) is 0 Å². The number of hydrogen-bond donors (Lipinski definition) is 0. The molecular formula is C12H8FIN2. The smallest absolute Gasteiger partial charge is 0.136 e. The van der Waals surface area contributed by atoms with Crippen molar-refractivity contribution in [1.82, 2.24) is 0 Å². The first-order valence-corrected chi connectivity index (χ1v) is 5.75. The number of nitrogens with zero attached hydrogens (tertiary/aromatic N) is 2. The van der Waals surface area contributed by atoms with Gasteiger partial charge in [0.25, 0.3) is 0 Å². The second-order valence-electron chi connectivity index (χ2n) is 3.13. The molecule has 0 radical (unpaired) electrons. The summed E-state index contributed by atoms with van der Waals surface area (Å²) in [5, 5.41) is 8.08. The molecule has 0 spiro atoms. The quantitative estimate of drug-likeness (QED) is 0.557. The van der Waals surface area contributed by atoms with Gasteiger partial charge in [0.2, 0.25) is 0 Å². The van der Waals surface area contributed by atoms with Gasteiger partial charge in [0.15, 0.2) is 0 Å². The van der Waals surface area contributed by atoms with E-state index in [9.17, 15) is 4.39 Å². The van der Waals surface area contributed by atoms with E-state index in [1.54, 1.807) is 12.1 Å². The first-order chi connectivity index (χ1) is 7.75. The Labute approximate surface area is 106 Å². The first-order valence-electron chi connectivity index (χ1n) is 4.67. The van der Waals surface area contributed by atoms with Crippen LogP contribution in [0.4, 0.5) is 15.8 Å². The second kappa shape index (κ2) is 5.16. The van der Waals surface area contributed by atoms with Crippen molar-refractivity contribution in [3.63, 3.8) is 0 Å². The van der Waals surface area contributed by atoms with Crippen molar-refractivity contribution in [1.29, 1.82) is 0 Å². The van der Waals surface area contributed by atoms with Gasteiger partial charge in [-0.25, -0.2) is 4.39 Å². The molecule has 0 atom stereocenters. The molecule has 80 valence electrons. The SMILES string of the molecule is Fc1ccc(N=Nc2ccccc2)cc1I. The molecule has 0 saturated heterocycles. The molecule has 0 aliphatic rings. The lowest BCUT2D eigenvalue weighted by Gasteiger charge is -1.95. The van der Waals surface area contributed by atoms with Gasteiger partial charge in [-0.05, 0) is 52.9 Å². The number of halogens is 2. The second-order valence-corrected chi connectivity index (χ2v) is 4.30. The summed E-state index contributed by atoms with van der Waals surface area (Å²) >= 11 is 1.93. The topological polar surface area (TPSA) is 24.7 Å². The van der Waals surface area contributed by atoms with Gasteiger partial charge in [-0.2, -0.15) is 10.2 Å². The molecule has 0 aromatic heterocycles. The highest BCUT2D eigenvalue weighted by Crippen LogP contribution is 2.21. The van der Waals surface area contributed by atoms with E-state index in [-0.39, 0.29) is 5.82 Å². The summed E-state index contributed by atoms with van der Waals surface area (Å²) < 4.78 is 13.5. The highest BCUT2D eigenvalue weighted by Gasteiger charge is 1.98. The Balaban J connectivity index is 2.21. The van der Waals surface area contributed by atoms with Crippen LogP contribution >= 0.6 is 22.6 Å². The van der Waals surface area contributed by atoms with Gasteiger partial charge in [-0.1, -0.05) is 18.2 Å². The van der Waals surface area contributed by atoms with Crippen molar-refractivity contribution in [3.8, 4) is 0 Å². The Hall–Kier alpha value is -1.30. The van der Waals surface area contributed by atoms with Crippen molar-refractivity contribution < 1.29 is 4.39 Å². The van der Waals surface area contributed by atoms with Crippen molar-refractivity contribution >= 4 is 34.0 Å². The van der Waals surface area contributed by atoms with Crippen LogP contribution in [-0.2, 0) is 0 Å². The molecule has 0 N–H and O–H groups in total. The van der Waals surface area contributed by atoms with Crippen molar-refractivity contribution in [2.24, 2.45) is 10.2 Å². The van der Waals surface area contributed by atoms with Crippen LogP contribution in [0.1, 0.15) is 0 Å². The molecule has 0 aliphatic heterocycles. The average Bonchev–Trinajstić information content (AvgIpc) is 2.32. The summed E-state index contributed by atoms with van der Waals surface area (Å²) in [6, 6.07) is 14.1. The predicted molar refractivity (Wildman–Crippen MR) is 69.7 cm³/mol. The Bertz CT molecular complexity index is 512. The number of azo groups is 1. The Morgan fingerprint density at radius 2 is 1.56 bits per heavy atom. The van der Waals surface area contributed by atoms with Crippen molar-refractivity contribution in [2.75, 3.05) is 0 Å². The number of rotatable bonds is 2. The largest absolute Gasteiger partial charge is 0.206 e. The van der Waals surface area contributed by atoms with E-state index in [2.05, 4.69) is 10.2 Å². The zero-order valence-corrected chi connectivity index (χ0v) is 10.4. The van der Waals surface area contributed by atoms with Crippen LogP contribution in [0.3, 0.4) is 0 Å². The third-order valence-electron chi connectivity index (χ3n) is 1.94. The molecule has 0 amide bonds. The van der Waals surface area contributed by atoms with E-state index < -0.39 is 0 Å². The molecule has 4 heteroatoms. The first kappa shape index (κ1) is 11.2. The lowest BCUT2D eigenvalue weighted by molar-refractivity contribution is 0.620. The van der Waals surface area contributed by atoms with Crippen molar-refractivity contribution in [2.45, 2.75) is 0 Å². The third-order valence-corrected chi connectivity index (χ3v) is 2.77. The maximum absolute atomic E-state index is 13.0. The Morgan fingerprint density at radius 3 is 2.25 bits per heavy atom. The maximum Gasteiger partial charge on any atom is 0.136 e. The molecule has 0 saturated carbocycles. The van der Waals surface area contributed by atoms with Gasteiger partial charge in [0.05, 0.1) is 14.9 Å². The van der Waals surface area contributed by atoms with Crippen LogP contribution in [0.2, 0.25) is 0 Å². The maximum atomic E-state index is 13.0. The van der Waals surface area contributed by atoms with Gasteiger partial charge in [-0.15, -0.1) is 0 Å². The van der Waals surface area contributed by atoms with Crippen LogP contribution in [0.15, 0.2) is 58.8 Å². The molecule has 2 aromatic carbocycles. The lowest BCUT2D eigenvalue weighted by atomic mass is 10.3. The van der Waals surface area contributed by atoms with Gasteiger partial charge in [0.1, 0.15) is 5.82 Å². The van der Waals surface area contributed by atoms with Crippen LogP contribution < -0.4 is 0 Å². The number of hydrogen-bond acceptors (Lipinski definition) is 2. The van der Waals surface area contributed by atoms with Gasteiger partial charge in [0, 0.05) is 0 Å². The van der Waals surface area contributed by atoms with E-state index in [1.165, 1.54) is 6.07 Å². The van der Waals surface area contributed by atoms with E-state index in [4.69, 9.17) is 0 Å². The molecule has 16 heavy (non-hydrogen) atoms. The van der Waals surface area contributed by atoms with Gasteiger partial charge >= 0.3 is 0 Å². The minimum atomic E-state index is -0.237. The fourth-order valence-electron chi connectivity index (χ4n) is 1.16. The molecule has 0 aliphatic carbocycles. The van der Waals surface area contributed by atoms with E-state index in [1.807, 2.05) is 52.9 Å². The van der Waals surface area contributed by atoms with E-state index in [0.29, 0.717) is 9.26 Å². The molecule has 0 heterocycles. The monoisotopic (exact) mass is 326 g/mol. The third kappa shape index (κ3) is 2.85. The summed E-state index contributed by atoms with van der Waals surface area (Å²) in [4.78, 5) is 0. The van der Waals surface area contributed by atoms with Crippen LogP contribution in [0, 0.1) is 9.39 Å². The number of benzene rings is 2. The lowest BCUT2D eigenvalue weighted by Crippen LogP contribution is -1.78.